The third-order valence-electron chi connectivity index (χ3n) is 2.18. The number of hydrogen-bond donors (Lipinski definition) is 1. The van der Waals surface area contributed by atoms with Gasteiger partial charge < -0.3 is 10.6 Å². The first-order chi connectivity index (χ1) is 7.49. The summed E-state index contributed by atoms with van der Waals surface area (Å²) >= 11 is 0. The van der Waals surface area contributed by atoms with Crippen LogP contribution in [0.4, 0.5) is 19.0 Å². The second kappa shape index (κ2) is 5.16. The van der Waals surface area contributed by atoms with Gasteiger partial charge in [0.15, 0.2) is 0 Å². The van der Waals surface area contributed by atoms with E-state index in [0.29, 0.717) is 25.5 Å². The standard InChI is InChI=1S/C10H14F3N3/c1-2-16(6-5-14)9-4-3-8(7-15-9)10(11,12)13/h3-4,7H,2,5-6,14H2,1H3. The lowest BCUT2D eigenvalue weighted by Crippen LogP contribution is -2.29. The van der Waals surface area contributed by atoms with Crippen LogP contribution in [-0.4, -0.2) is 24.6 Å². The van der Waals surface area contributed by atoms with Gasteiger partial charge in [-0.2, -0.15) is 13.2 Å². The molecular formula is C10H14F3N3. The number of alkyl halides is 3. The molecule has 0 spiro atoms. The average Bonchev–Trinajstić information content (AvgIpc) is 2.25. The van der Waals surface area contributed by atoms with Gasteiger partial charge in [-0.25, -0.2) is 4.98 Å². The van der Waals surface area contributed by atoms with Crippen molar-refractivity contribution in [1.29, 1.82) is 0 Å². The predicted molar refractivity (Wildman–Crippen MR) is 56.2 cm³/mol. The molecule has 0 aliphatic heterocycles. The van der Waals surface area contributed by atoms with Crippen LogP contribution in [0.2, 0.25) is 0 Å². The highest BCUT2D eigenvalue weighted by Crippen LogP contribution is 2.29. The molecular weight excluding hydrogens is 219 g/mol. The Morgan fingerprint density at radius 2 is 2.06 bits per heavy atom. The summed E-state index contributed by atoms with van der Waals surface area (Å²) < 4.78 is 36.8. The van der Waals surface area contributed by atoms with Gasteiger partial charge in [-0.1, -0.05) is 0 Å². The largest absolute Gasteiger partial charge is 0.417 e. The van der Waals surface area contributed by atoms with Crippen molar-refractivity contribution in [2.75, 3.05) is 24.5 Å². The lowest BCUT2D eigenvalue weighted by Gasteiger charge is -2.21. The minimum Gasteiger partial charge on any atom is -0.356 e. The maximum Gasteiger partial charge on any atom is 0.417 e. The van der Waals surface area contributed by atoms with Gasteiger partial charge in [0.05, 0.1) is 5.56 Å². The summed E-state index contributed by atoms with van der Waals surface area (Å²) in [4.78, 5) is 5.60. The number of pyridine rings is 1. The van der Waals surface area contributed by atoms with Gasteiger partial charge in [0.2, 0.25) is 0 Å². The van der Waals surface area contributed by atoms with Crippen LogP contribution in [0.25, 0.3) is 0 Å². The van der Waals surface area contributed by atoms with Crippen molar-refractivity contribution >= 4 is 5.82 Å². The summed E-state index contributed by atoms with van der Waals surface area (Å²) in [6.45, 7) is 3.58. The number of likely N-dealkylation sites (N-methyl/N-ethyl adjacent to an activating group) is 1. The Bertz CT molecular complexity index is 321. The third kappa shape index (κ3) is 3.10. The first-order valence-electron chi connectivity index (χ1n) is 4.97. The van der Waals surface area contributed by atoms with E-state index in [1.165, 1.54) is 6.07 Å². The highest BCUT2D eigenvalue weighted by atomic mass is 19.4. The normalized spacial score (nSPS) is 11.6. The van der Waals surface area contributed by atoms with Crippen molar-refractivity contribution in [3.8, 4) is 0 Å². The van der Waals surface area contributed by atoms with Crippen LogP contribution in [0.1, 0.15) is 12.5 Å². The number of anilines is 1. The number of aromatic nitrogens is 1. The van der Waals surface area contributed by atoms with E-state index < -0.39 is 11.7 Å². The van der Waals surface area contributed by atoms with Crippen molar-refractivity contribution in [2.24, 2.45) is 5.73 Å². The van der Waals surface area contributed by atoms with E-state index in [9.17, 15) is 13.2 Å². The zero-order chi connectivity index (χ0) is 12.2. The first-order valence-corrected chi connectivity index (χ1v) is 4.97. The number of nitrogens with two attached hydrogens (primary N) is 1. The van der Waals surface area contributed by atoms with Gasteiger partial charge in [0.25, 0.3) is 0 Å². The van der Waals surface area contributed by atoms with Crippen molar-refractivity contribution in [3.05, 3.63) is 23.9 Å². The van der Waals surface area contributed by atoms with E-state index in [0.717, 1.165) is 12.3 Å². The van der Waals surface area contributed by atoms with E-state index >= 15 is 0 Å². The van der Waals surface area contributed by atoms with Crippen LogP contribution in [0.5, 0.6) is 0 Å². The van der Waals surface area contributed by atoms with Crippen molar-refractivity contribution in [1.82, 2.24) is 4.98 Å². The average molecular weight is 233 g/mol. The monoisotopic (exact) mass is 233 g/mol. The molecule has 0 fully saturated rings. The van der Waals surface area contributed by atoms with Crippen molar-refractivity contribution < 1.29 is 13.2 Å². The molecule has 90 valence electrons. The fraction of sp³-hybridized carbons (Fsp3) is 0.500. The highest BCUT2D eigenvalue weighted by molar-refractivity contribution is 5.39. The van der Waals surface area contributed by atoms with Gasteiger partial charge in [-0.15, -0.1) is 0 Å². The molecule has 0 radical (unpaired) electrons. The molecule has 2 N–H and O–H groups in total. The van der Waals surface area contributed by atoms with Crippen LogP contribution in [0.3, 0.4) is 0 Å². The smallest absolute Gasteiger partial charge is 0.356 e. The maximum absolute atomic E-state index is 12.3. The Balaban J connectivity index is 2.85. The van der Waals surface area contributed by atoms with E-state index in [1.54, 1.807) is 0 Å². The number of halogens is 3. The molecule has 6 heteroatoms. The molecule has 0 saturated heterocycles. The van der Waals surface area contributed by atoms with Crippen LogP contribution in [-0.2, 0) is 6.18 Å². The van der Waals surface area contributed by atoms with E-state index in [2.05, 4.69) is 4.98 Å². The molecule has 16 heavy (non-hydrogen) atoms. The van der Waals surface area contributed by atoms with Crippen molar-refractivity contribution in [3.63, 3.8) is 0 Å². The van der Waals surface area contributed by atoms with Gasteiger partial charge >= 0.3 is 6.18 Å². The maximum atomic E-state index is 12.3. The molecule has 0 atom stereocenters. The fourth-order valence-corrected chi connectivity index (χ4v) is 1.33. The predicted octanol–water partition coefficient (Wildman–Crippen LogP) is 1.89. The van der Waals surface area contributed by atoms with Crippen LogP contribution in [0.15, 0.2) is 18.3 Å². The number of nitrogens with zero attached hydrogens (tertiary/aromatic N) is 2. The summed E-state index contributed by atoms with van der Waals surface area (Å²) in [5.74, 6) is 0.515. The molecule has 0 aliphatic rings. The molecule has 1 aromatic rings. The van der Waals surface area contributed by atoms with E-state index in [1.807, 2.05) is 11.8 Å². The van der Waals surface area contributed by atoms with Crippen LogP contribution < -0.4 is 10.6 Å². The molecule has 1 heterocycles. The highest BCUT2D eigenvalue weighted by Gasteiger charge is 2.30. The lowest BCUT2D eigenvalue weighted by atomic mass is 10.2. The molecule has 1 aromatic heterocycles. The topological polar surface area (TPSA) is 42.1 Å². The molecule has 0 unspecified atom stereocenters. The molecule has 0 bridgehead atoms. The summed E-state index contributed by atoms with van der Waals surface area (Å²) in [5.41, 5.74) is 4.66. The zero-order valence-electron chi connectivity index (χ0n) is 8.96. The number of hydrogen-bond acceptors (Lipinski definition) is 3. The number of rotatable bonds is 4. The van der Waals surface area contributed by atoms with E-state index in [4.69, 9.17) is 5.73 Å². The Labute approximate surface area is 92.1 Å². The zero-order valence-corrected chi connectivity index (χ0v) is 8.96. The molecule has 0 saturated carbocycles. The Morgan fingerprint density at radius 1 is 1.38 bits per heavy atom. The molecule has 3 nitrogen and oxygen atoms in total. The van der Waals surface area contributed by atoms with Gasteiger partial charge in [-0.05, 0) is 19.1 Å². The summed E-state index contributed by atoms with van der Waals surface area (Å²) in [6.07, 6.45) is -3.50. The minimum atomic E-state index is -4.34. The second-order valence-corrected chi connectivity index (χ2v) is 3.27. The third-order valence-corrected chi connectivity index (χ3v) is 2.18. The lowest BCUT2D eigenvalue weighted by molar-refractivity contribution is -0.137. The van der Waals surface area contributed by atoms with Crippen molar-refractivity contribution in [2.45, 2.75) is 13.1 Å². The SMILES string of the molecule is CCN(CCN)c1ccc(C(F)(F)F)cn1. The Hall–Kier alpha value is -1.30. The van der Waals surface area contributed by atoms with Crippen LogP contribution >= 0.6 is 0 Å². The molecule has 1 rings (SSSR count). The van der Waals surface area contributed by atoms with Gasteiger partial charge in [0.1, 0.15) is 5.82 Å². The molecule has 0 aliphatic carbocycles. The second-order valence-electron chi connectivity index (χ2n) is 3.27. The van der Waals surface area contributed by atoms with Gasteiger partial charge in [-0.3, -0.25) is 0 Å². The fourth-order valence-electron chi connectivity index (χ4n) is 1.33. The quantitative estimate of drug-likeness (QED) is 0.863. The van der Waals surface area contributed by atoms with Gasteiger partial charge in [0, 0.05) is 25.8 Å². The Morgan fingerprint density at radius 3 is 2.44 bits per heavy atom. The summed E-state index contributed by atoms with van der Waals surface area (Å²) in [7, 11) is 0. The Kier molecular flexibility index (Phi) is 4.12. The summed E-state index contributed by atoms with van der Waals surface area (Å²) in [5, 5.41) is 0. The first kappa shape index (κ1) is 12.8. The van der Waals surface area contributed by atoms with Crippen LogP contribution in [0, 0.1) is 0 Å². The molecule has 0 amide bonds. The van der Waals surface area contributed by atoms with E-state index in [-0.39, 0.29) is 0 Å². The molecule has 0 aromatic carbocycles. The minimum absolute atomic E-state index is 0.441. The summed E-state index contributed by atoms with van der Waals surface area (Å²) in [6, 6.07) is 2.39.